The van der Waals surface area contributed by atoms with Crippen molar-refractivity contribution in [2.24, 2.45) is 0 Å². The van der Waals surface area contributed by atoms with E-state index >= 15 is 0 Å². The smallest absolute Gasteiger partial charge is 0.332 e. The van der Waals surface area contributed by atoms with E-state index in [2.05, 4.69) is 4.90 Å². The number of hydrogen-bond donors (Lipinski definition) is 1. The van der Waals surface area contributed by atoms with Crippen molar-refractivity contribution in [3.05, 3.63) is 62.3 Å². The Labute approximate surface area is 170 Å². The predicted octanol–water partition coefficient (Wildman–Crippen LogP) is 2.11. The quantitative estimate of drug-likeness (QED) is 0.753. The van der Waals surface area contributed by atoms with Crippen molar-refractivity contribution in [2.75, 3.05) is 25.4 Å². The van der Waals surface area contributed by atoms with Gasteiger partial charge in [0.25, 0.3) is 5.56 Å². The van der Waals surface area contributed by atoms with Crippen molar-refractivity contribution in [1.29, 1.82) is 0 Å². The van der Waals surface area contributed by atoms with Gasteiger partial charge in [-0.2, -0.15) is 0 Å². The van der Waals surface area contributed by atoms with Gasteiger partial charge in [-0.05, 0) is 38.4 Å². The van der Waals surface area contributed by atoms with Gasteiger partial charge in [0, 0.05) is 6.54 Å². The predicted molar refractivity (Wildman–Crippen MR) is 114 cm³/mol. The standard InChI is InChI=1S/C22H30N4O3/c1-2-25-21(28)19(18(27)16-24-13-9-4-3-5-10-14-24)20(23)26(22(25)29)15-17-11-7-6-8-12-17/h6-8,11-12H,2-5,9-10,13-16,23H2,1H3. The van der Waals surface area contributed by atoms with E-state index in [4.69, 9.17) is 5.73 Å². The number of nitrogens with zero attached hydrogens (tertiary/aromatic N) is 3. The summed E-state index contributed by atoms with van der Waals surface area (Å²) in [6.45, 7) is 3.98. The van der Waals surface area contributed by atoms with Crippen molar-refractivity contribution >= 4 is 11.6 Å². The number of benzene rings is 1. The van der Waals surface area contributed by atoms with Gasteiger partial charge in [0.1, 0.15) is 11.4 Å². The number of ketones is 1. The fourth-order valence-corrected chi connectivity index (χ4v) is 3.93. The number of carbonyl (C=O) groups is 1. The Morgan fingerprint density at radius 1 is 0.966 bits per heavy atom. The normalized spacial score (nSPS) is 15.6. The van der Waals surface area contributed by atoms with Gasteiger partial charge < -0.3 is 5.73 Å². The average molecular weight is 399 g/mol. The van der Waals surface area contributed by atoms with Crippen molar-refractivity contribution in [3.63, 3.8) is 0 Å². The van der Waals surface area contributed by atoms with Crippen LogP contribution in [-0.2, 0) is 13.1 Å². The van der Waals surface area contributed by atoms with Crippen LogP contribution >= 0.6 is 0 Å². The molecule has 7 nitrogen and oxygen atoms in total. The molecule has 156 valence electrons. The Kier molecular flexibility index (Phi) is 7.04. The Bertz CT molecular complexity index is 955. The lowest BCUT2D eigenvalue weighted by Gasteiger charge is -2.24. The van der Waals surface area contributed by atoms with Crippen LogP contribution in [0, 0.1) is 0 Å². The summed E-state index contributed by atoms with van der Waals surface area (Å²) < 4.78 is 2.43. The van der Waals surface area contributed by atoms with E-state index in [0.717, 1.165) is 48.9 Å². The second-order valence-corrected chi connectivity index (χ2v) is 7.63. The van der Waals surface area contributed by atoms with E-state index in [0.29, 0.717) is 0 Å². The third-order valence-electron chi connectivity index (χ3n) is 5.56. The van der Waals surface area contributed by atoms with E-state index in [-0.39, 0.29) is 36.8 Å². The molecule has 0 radical (unpaired) electrons. The fraction of sp³-hybridized carbons (Fsp3) is 0.500. The van der Waals surface area contributed by atoms with E-state index in [9.17, 15) is 14.4 Å². The minimum atomic E-state index is -0.587. The maximum absolute atomic E-state index is 13.1. The van der Waals surface area contributed by atoms with Crippen LogP contribution in [-0.4, -0.2) is 39.5 Å². The topological polar surface area (TPSA) is 90.3 Å². The highest BCUT2D eigenvalue weighted by atomic mass is 16.2. The first-order valence-corrected chi connectivity index (χ1v) is 10.5. The Balaban J connectivity index is 1.96. The van der Waals surface area contributed by atoms with Crippen molar-refractivity contribution in [2.45, 2.75) is 52.1 Å². The molecule has 2 N–H and O–H groups in total. The van der Waals surface area contributed by atoms with Gasteiger partial charge in [0.2, 0.25) is 0 Å². The zero-order valence-electron chi connectivity index (χ0n) is 17.1. The maximum atomic E-state index is 13.1. The van der Waals surface area contributed by atoms with Crippen LogP contribution in [0.1, 0.15) is 54.9 Å². The van der Waals surface area contributed by atoms with Crippen LogP contribution < -0.4 is 17.0 Å². The van der Waals surface area contributed by atoms with Gasteiger partial charge >= 0.3 is 5.69 Å². The van der Waals surface area contributed by atoms with E-state index in [1.807, 2.05) is 30.3 Å². The first-order valence-electron chi connectivity index (χ1n) is 10.5. The summed E-state index contributed by atoms with van der Waals surface area (Å²) in [6.07, 6.45) is 5.67. The van der Waals surface area contributed by atoms with E-state index in [1.165, 1.54) is 11.0 Å². The number of carbonyl (C=O) groups excluding carboxylic acids is 1. The first kappa shape index (κ1) is 21.0. The molecule has 0 aliphatic carbocycles. The largest absolute Gasteiger partial charge is 0.384 e. The van der Waals surface area contributed by atoms with Crippen LogP contribution in [0.3, 0.4) is 0 Å². The first-order chi connectivity index (χ1) is 14.0. The van der Waals surface area contributed by atoms with Crippen LogP contribution in [0.5, 0.6) is 0 Å². The summed E-state index contributed by atoms with van der Waals surface area (Å²) in [5.41, 5.74) is 5.97. The van der Waals surface area contributed by atoms with Gasteiger partial charge in [-0.3, -0.25) is 23.6 Å². The molecule has 2 heterocycles. The molecule has 1 aromatic heterocycles. The Morgan fingerprint density at radius 2 is 1.59 bits per heavy atom. The lowest BCUT2D eigenvalue weighted by molar-refractivity contribution is 0.0922. The average Bonchev–Trinajstić information content (AvgIpc) is 2.68. The molecule has 0 unspecified atom stereocenters. The molecular formula is C22H30N4O3. The summed E-state index contributed by atoms with van der Waals surface area (Å²) in [7, 11) is 0. The highest BCUT2D eigenvalue weighted by Crippen LogP contribution is 2.13. The summed E-state index contributed by atoms with van der Waals surface area (Å²) in [4.78, 5) is 40.9. The number of nitrogen functional groups attached to an aromatic ring is 1. The lowest BCUT2D eigenvalue weighted by Crippen LogP contribution is -2.45. The zero-order chi connectivity index (χ0) is 20.8. The highest BCUT2D eigenvalue weighted by Gasteiger charge is 2.24. The van der Waals surface area contributed by atoms with Crippen molar-refractivity contribution in [3.8, 4) is 0 Å². The number of rotatable bonds is 6. The number of aromatic nitrogens is 2. The molecule has 0 amide bonds. The van der Waals surface area contributed by atoms with Crippen LogP contribution in [0.4, 0.5) is 5.82 Å². The van der Waals surface area contributed by atoms with Crippen LogP contribution in [0.15, 0.2) is 39.9 Å². The van der Waals surface area contributed by atoms with Crippen molar-refractivity contribution in [1.82, 2.24) is 14.0 Å². The molecule has 0 saturated carbocycles. The molecule has 0 atom stereocenters. The number of hydrogen-bond acceptors (Lipinski definition) is 5. The zero-order valence-corrected chi connectivity index (χ0v) is 17.1. The van der Waals surface area contributed by atoms with Gasteiger partial charge in [-0.15, -0.1) is 0 Å². The Morgan fingerprint density at radius 3 is 2.21 bits per heavy atom. The monoisotopic (exact) mass is 398 g/mol. The molecule has 7 heteroatoms. The van der Waals surface area contributed by atoms with Gasteiger partial charge in [0.05, 0.1) is 13.1 Å². The van der Waals surface area contributed by atoms with Gasteiger partial charge in [0.15, 0.2) is 5.78 Å². The third-order valence-corrected chi connectivity index (χ3v) is 5.56. The second kappa shape index (κ2) is 9.69. The van der Waals surface area contributed by atoms with E-state index < -0.39 is 11.2 Å². The number of anilines is 1. The highest BCUT2D eigenvalue weighted by molar-refractivity contribution is 6.01. The SMILES string of the molecule is CCn1c(=O)c(C(=O)CN2CCCCCCC2)c(N)n(Cc2ccccc2)c1=O. The fourth-order valence-electron chi connectivity index (χ4n) is 3.93. The molecule has 2 aromatic rings. The molecule has 1 aliphatic rings. The minimum Gasteiger partial charge on any atom is -0.384 e. The molecule has 1 aromatic carbocycles. The lowest BCUT2D eigenvalue weighted by atomic mass is 10.1. The van der Waals surface area contributed by atoms with Gasteiger partial charge in [-0.1, -0.05) is 49.6 Å². The molecule has 0 spiro atoms. The number of nitrogens with two attached hydrogens (primary N) is 1. The summed E-state index contributed by atoms with van der Waals surface area (Å²) >= 11 is 0. The summed E-state index contributed by atoms with van der Waals surface area (Å²) in [5.74, 6) is -0.345. The number of Topliss-reactive ketones (excluding diaryl/α,β-unsaturated/α-hetero) is 1. The molecule has 0 bridgehead atoms. The molecule has 3 rings (SSSR count). The summed E-state index contributed by atoms with van der Waals surface area (Å²) in [5, 5.41) is 0. The number of likely N-dealkylation sites (tertiary alicyclic amines) is 1. The third kappa shape index (κ3) is 4.85. The summed E-state index contributed by atoms with van der Waals surface area (Å²) in [6, 6.07) is 9.41. The van der Waals surface area contributed by atoms with Gasteiger partial charge in [-0.25, -0.2) is 4.79 Å². The van der Waals surface area contributed by atoms with Crippen LogP contribution in [0.25, 0.3) is 0 Å². The van der Waals surface area contributed by atoms with Crippen molar-refractivity contribution < 1.29 is 4.79 Å². The molecule has 1 aliphatic heterocycles. The van der Waals surface area contributed by atoms with Crippen LogP contribution in [0.2, 0.25) is 0 Å². The molecular weight excluding hydrogens is 368 g/mol. The molecule has 29 heavy (non-hydrogen) atoms. The Hall–Kier alpha value is -2.67. The second-order valence-electron chi connectivity index (χ2n) is 7.63. The van der Waals surface area contributed by atoms with E-state index in [1.54, 1.807) is 6.92 Å². The molecule has 1 saturated heterocycles. The maximum Gasteiger partial charge on any atom is 0.332 e. The minimum absolute atomic E-state index is 0.0365. The molecule has 1 fully saturated rings.